The first-order chi connectivity index (χ1) is 9.00. The molecule has 20 heavy (non-hydrogen) atoms. The van der Waals surface area contributed by atoms with E-state index in [1.165, 1.54) is 0 Å². The zero-order valence-corrected chi connectivity index (χ0v) is 11.6. The number of pyridine rings is 1. The van der Waals surface area contributed by atoms with E-state index in [-0.39, 0.29) is 29.5 Å². The molecule has 0 aromatic carbocycles. The van der Waals surface area contributed by atoms with Crippen LogP contribution in [0, 0.1) is 5.41 Å². The average Bonchev–Trinajstić information content (AvgIpc) is 2.26. The zero-order chi connectivity index (χ0) is 15.6. The Hall–Kier alpha value is -1.63. The summed E-state index contributed by atoms with van der Waals surface area (Å²) in [6, 6.07) is 1.64. The Morgan fingerprint density at radius 3 is 2.35 bits per heavy atom. The van der Waals surface area contributed by atoms with Crippen LogP contribution in [0.2, 0.25) is 0 Å². The zero-order valence-electron chi connectivity index (χ0n) is 11.6. The van der Waals surface area contributed by atoms with Gasteiger partial charge >= 0.3 is 6.18 Å². The fourth-order valence-corrected chi connectivity index (χ4v) is 1.35. The molecule has 1 aromatic heterocycles. The Labute approximate surface area is 115 Å². The number of nitrogens with one attached hydrogen (secondary N) is 1. The van der Waals surface area contributed by atoms with Crippen LogP contribution in [0.15, 0.2) is 18.3 Å². The molecule has 1 unspecified atom stereocenters. The highest BCUT2D eigenvalue weighted by molar-refractivity contribution is 5.90. The van der Waals surface area contributed by atoms with Crippen LogP contribution in [0.5, 0.6) is 0 Å². The molecular weight excluding hydrogens is 271 g/mol. The van der Waals surface area contributed by atoms with Gasteiger partial charge in [0.05, 0.1) is 11.9 Å². The van der Waals surface area contributed by atoms with Gasteiger partial charge in [-0.2, -0.15) is 13.2 Å². The number of hydrogen-bond acceptors (Lipinski definition) is 3. The summed E-state index contributed by atoms with van der Waals surface area (Å²) in [5.41, 5.74) is 4.85. The lowest BCUT2D eigenvalue weighted by atomic mass is 9.85. The van der Waals surface area contributed by atoms with Crippen LogP contribution in [0.3, 0.4) is 0 Å². The van der Waals surface area contributed by atoms with Gasteiger partial charge in [-0.3, -0.25) is 4.79 Å². The highest BCUT2D eigenvalue weighted by Crippen LogP contribution is 2.27. The van der Waals surface area contributed by atoms with Crippen molar-refractivity contribution in [3.8, 4) is 0 Å². The van der Waals surface area contributed by atoms with Gasteiger partial charge in [-0.1, -0.05) is 20.8 Å². The predicted molar refractivity (Wildman–Crippen MR) is 69.9 cm³/mol. The molecule has 7 heteroatoms. The van der Waals surface area contributed by atoms with Crippen molar-refractivity contribution < 1.29 is 18.0 Å². The van der Waals surface area contributed by atoms with Crippen LogP contribution in [0.4, 0.5) is 18.9 Å². The van der Waals surface area contributed by atoms with Gasteiger partial charge < -0.3 is 11.1 Å². The molecule has 0 aliphatic rings. The lowest BCUT2D eigenvalue weighted by Gasteiger charge is -2.26. The van der Waals surface area contributed by atoms with Gasteiger partial charge in [-0.25, -0.2) is 4.98 Å². The van der Waals surface area contributed by atoms with Crippen LogP contribution in [-0.2, 0) is 11.0 Å². The molecule has 0 saturated carbocycles. The molecule has 0 saturated heterocycles. The molecule has 0 bridgehead atoms. The Bertz CT molecular complexity index is 463. The second kappa shape index (κ2) is 5.78. The molecule has 4 nitrogen and oxygen atoms in total. The van der Waals surface area contributed by atoms with E-state index in [2.05, 4.69) is 10.3 Å². The van der Waals surface area contributed by atoms with Crippen LogP contribution in [-0.4, -0.2) is 16.9 Å². The fraction of sp³-hybridized carbons (Fsp3) is 0.538. The maximum Gasteiger partial charge on any atom is 0.433 e. The van der Waals surface area contributed by atoms with Crippen LogP contribution < -0.4 is 11.1 Å². The van der Waals surface area contributed by atoms with E-state index in [1.807, 2.05) is 20.8 Å². The normalized spacial score (nSPS) is 13.9. The molecule has 1 aromatic rings. The van der Waals surface area contributed by atoms with Crippen molar-refractivity contribution in [2.45, 2.75) is 39.4 Å². The summed E-state index contributed by atoms with van der Waals surface area (Å²) in [5.74, 6) is -0.353. The third kappa shape index (κ3) is 4.80. The highest BCUT2D eigenvalue weighted by Gasteiger charge is 2.32. The summed E-state index contributed by atoms with van der Waals surface area (Å²) in [7, 11) is 0. The molecule has 1 amide bonds. The Kier molecular flexibility index (Phi) is 4.75. The van der Waals surface area contributed by atoms with Gasteiger partial charge in [0, 0.05) is 12.5 Å². The van der Waals surface area contributed by atoms with Crippen molar-refractivity contribution in [3.63, 3.8) is 0 Å². The number of amides is 1. The monoisotopic (exact) mass is 289 g/mol. The van der Waals surface area contributed by atoms with Crippen molar-refractivity contribution in [3.05, 3.63) is 24.0 Å². The molecule has 0 spiro atoms. The number of alkyl halides is 3. The van der Waals surface area contributed by atoms with E-state index < -0.39 is 11.9 Å². The second-order valence-corrected chi connectivity index (χ2v) is 5.65. The van der Waals surface area contributed by atoms with E-state index in [4.69, 9.17) is 5.73 Å². The molecule has 0 aliphatic carbocycles. The molecule has 1 heterocycles. The van der Waals surface area contributed by atoms with E-state index in [9.17, 15) is 18.0 Å². The molecule has 0 fully saturated rings. The van der Waals surface area contributed by atoms with E-state index in [1.54, 1.807) is 0 Å². The maximum absolute atomic E-state index is 12.3. The van der Waals surface area contributed by atoms with Crippen molar-refractivity contribution in [1.29, 1.82) is 0 Å². The van der Waals surface area contributed by atoms with Gasteiger partial charge in [0.25, 0.3) is 0 Å². The minimum atomic E-state index is -4.49. The Morgan fingerprint density at radius 1 is 1.35 bits per heavy atom. The number of aromatic nitrogens is 1. The predicted octanol–water partition coefficient (Wildman–Crippen LogP) is 2.80. The molecule has 0 radical (unpaired) electrons. The van der Waals surface area contributed by atoms with Crippen molar-refractivity contribution >= 4 is 11.6 Å². The highest BCUT2D eigenvalue weighted by atomic mass is 19.4. The lowest BCUT2D eigenvalue weighted by molar-refractivity contribution is -0.141. The van der Waals surface area contributed by atoms with Crippen molar-refractivity contribution in [2.75, 3.05) is 5.32 Å². The number of carbonyl (C=O) groups is 1. The summed E-state index contributed by atoms with van der Waals surface area (Å²) < 4.78 is 37.0. The molecule has 1 rings (SSSR count). The largest absolute Gasteiger partial charge is 0.433 e. The third-order valence-electron chi connectivity index (χ3n) is 2.86. The number of halogens is 3. The van der Waals surface area contributed by atoms with Crippen molar-refractivity contribution in [1.82, 2.24) is 4.98 Å². The van der Waals surface area contributed by atoms with Gasteiger partial charge in [0.15, 0.2) is 0 Å². The summed E-state index contributed by atoms with van der Waals surface area (Å²) >= 11 is 0. The van der Waals surface area contributed by atoms with Gasteiger partial charge in [-0.05, 0) is 17.5 Å². The first-order valence-electron chi connectivity index (χ1n) is 6.09. The molecule has 1 atom stereocenters. The number of nitrogens with zero attached hydrogens (tertiary/aromatic N) is 1. The van der Waals surface area contributed by atoms with E-state index >= 15 is 0 Å². The molecule has 3 N–H and O–H groups in total. The second-order valence-electron chi connectivity index (χ2n) is 5.65. The number of rotatable bonds is 3. The van der Waals surface area contributed by atoms with Crippen LogP contribution >= 0.6 is 0 Å². The number of nitrogens with two attached hydrogens (primary N) is 1. The van der Waals surface area contributed by atoms with E-state index in [0.29, 0.717) is 0 Å². The minimum absolute atomic E-state index is 0.0878. The standard InChI is InChI=1S/C13H18F3N3O/c1-12(2,3)9(17)6-11(20)19-8-4-5-10(18-7-8)13(14,15)16/h4-5,7,9H,6,17H2,1-3H3,(H,19,20). The SMILES string of the molecule is CC(C)(C)C(N)CC(=O)Nc1ccc(C(F)(F)F)nc1. The van der Waals surface area contributed by atoms with Crippen LogP contribution in [0.25, 0.3) is 0 Å². The average molecular weight is 289 g/mol. The first kappa shape index (κ1) is 16.4. The van der Waals surface area contributed by atoms with Gasteiger partial charge in [0.1, 0.15) is 5.69 Å². The molecule has 0 aliphatic heterocycles. The maximum atomic E-state index is 12.3. The topological polar surface area (TPSA) is 68.0 Å². The lowest BCUT2D eigenvalue weighted by Crippen LogP contribution is -2.38. The number of carbonyl (C=O) groups excluding carboxylic acids is 1. The number of hydrogen-bond donors (Lipinski definition) is 2. The summed E-state index contributed by atoms with van der Waals surface area (Å²) in [5, 5.41) is 2.47. The smallest absolute Gasteiger partial charge is 0.327 e. The first-order valence-corrected chi connectivity index (χ1v) is 6.09. The Balaban J connectivity index is 2.64. The Morgan fingerprint density at radius 2 is 1.95 bits per heavy atom. The van der Waals surface area contributed by atoms with Gasteiger partial charge in [0.2, 0.25) is 5.91 Å². The molecular formula is C13H18F3N3O. The number of anilines is 1. The summed E-state index contributed by atoms with van der Waals surface area (Å²) in [4.78, 5) is 15.0. The third-order valence-corrected chi connectivity index (χ3v) is 2.86. The summed E-state index contributed by atoms with van der Waals surface area (Å²) in [6.07, 6.45) is -3.43. The van der Waals surface area contributed by atoms with Crippen LogP contribution in [0.1, 0.15) is 32.9 Å². The van der Waals surface area contributed by atoms with Gasteiger partial charge in [-0.15, -0.1) is 0 Å². The quantitative estimate of drug-likeness (QED) is 0.899. The molecule has 112 valence electrons. The minimum Gasteiger partial charge on any atom is -0.327 e. The van der Waals surface area contributed by atoms with E-state index in [0.717, 1.165) is 18.3 Å². The summed E-state index contributed by atoms with van der Waals surface area (Å²) in [6.45, 7) is 5.72. The van der Waals surface area contributed by atoms with Crippen molar-refractivity contribution in [2.24, 2.45) is 11.1 Å². The fourth-order valence-electron chi connectivity index (χ4n) is 1.35.